The van der Waals surface area contributed by atoms with Crippen molar-refractivity contribution in [1.82, 2.24) is 5.32 Å². The number of carbonyl (C=O) groups is 3. The van der Waals surface area contributed by atoms with Crippen LogP contribution in [0, 0.1) is 10.5 Å². The quantitative estimate of drug-likeness (QED) is 0.203. The zero-order valence-corrected chi connectivity index (χ0v) is 22.4. The standard InChI is InChI=1S/C27H22ClIN2O5/c1-3-35-24-13-18(7-11-23(24)36-15-17-5-8-19(29)9-6-17)12-21-25(32)30-27(34)31(26(21)33)20-10-4-16(2)22(28)14-20/h4-14H,3,15H2,1-2H3,(H,30,32,34)/b21-12-. The molecule has 0 saturated carbocycles. The molecule has 36 heavy (non-hydrogen) atoms. The van der Waals surface area contributed by atoms with E-state index in [1.54, 1.807) is 30.3 Å². The highest BCUT2D eigenvalue weighted by molar-refractivity contribution is 14.1. The van der Waals surface area contributed by atoms with Crippen LogP contribution in [0.2, 0.25) is 5.02 Å². The Balaban J connectivity index is 1.61. The van der Waals surface area contributed by atoms with E-state index in [2.05, 4.69) is 27.9 Å². The van der Waals surface area contributed by atoms with Crippen molar-refractivity contribution >= 4 is 63.8 Å². The van der Waals surface area contributed by atoms with Gasteiger partial charge >= 0.3 is 6.03 Å². The first-order valence-electron chi connectivity index (χ1n) is 11.1. The minimum atomic E-state index is -0.837. The Hall–Kier alpha value is -3.37. The number of hydrogen-bond donors (Lipinski definition) is 1. The molecule has 0 spiro atoms. The van der Waals surface area contributed by atoms with Gasteiger partial charge < -0.3 is 9.47 Å². The molecule has 1 saturated heterocycles. The Morgan fingerprint density at radius 3 is 2.42 bits per heavy atom. The van der Waals surface area contributed by atoms with Crippen LogP contribution in [0.4, 0.5) is 10.5 Å². The Morgan fingerprint density at radius 2 is 1.72 bits per heavy atom. The topological polar surface area (TPSA) is 84.9 Å². The summed E-state index contributed by atoms with van der Waals surface area (Å²) in [6.07, 6.45) is 1.42. The normalized spacial score (nSPS) is 14.7. The summed E-state index contributed by atoms with van der Waals surface area (Å²) in [4.78, 5) is 39.1. The molecule has 0 unspecified atom stereocenters. The number of nitrogens with zero attached hydrogens (tertiary/aromatic N) is 1. The van der Waals surface area contributed by atoms with E-state index in [1.807, 2.05) is 38.1 Å². The molecule has 7 nitrogen and oxygen atoms in total. The first kappa shape index (κ1) is 25.7. The van der Waals surface area contributed by atoms with Gasteiger partial charge in [0.05, 0.1) is 12.3 Å². The second-order valence-electron chi connectivity index (χ2n) is 7.95. The summed E-state index contributed by atoms with van der Waals surface area (Å²) in [5.41, 5.74) is 2.41. The summed E-state index contributed by atoms with van der Waals surface area (Å²) in [6.45, 7) is 4.41. The van der Waals surface area contributed by atoms with Gasteiger partial charge in [0.25, 0.3) is 11.8 Å². The average molecular weight is 617 g/mol. The van der Waals surface area contributed by atoms with Crippen molar-refractivity contribution in [3.05, 3.63) is 91.5 Å². The lowest BCUT2D eigenvalue weighted by atomic mass is 10.1. The van der Waals surface area contributed by atoms with E-state index in [0.29, 0.717) is 35.3 Å². The van der Waals surface area contributed by atoms with Gasteiger partial charge in [-0.05, 0) is 95.6 Å². The van der Waals surface area contributed by atoms with Crippen LogP contribution in [-0.2, 0) is 16.2 Å². The summed E-state index contributed by atoms with van der Waals surface area (Å²) in [5, 5.41) is 2.62. The van der Waals surface area contributed by atoms with E-state index in [0.717, 1.165) is 19.6 Å². The molecule has 3 aromatic rings. The second-order valence-corrected chi connectivity index (χ2v) is 9.60. The number of barbiturate groups is 1. The molecule has 4 rings (SSSR count). The van der Waals surface area contributed by atoms with Gasteiger partial charge in [0.15, 0.2) is 11.5 Å². The molecule has 0 bridgehead atoms. The largest absolute Gasteiger partial charge is 0.490 e. The van der Waals surface area contributed by atoms with Crippen LogP contribution in [-0.4, -0.2) is 24.5 Å². The van der Waals surface area contributed by atoms with Gasteiger partial charge in [0.1, 0.15) is 12.2 Å². The van der Waals surface area contributed by atoms with Crippen LogP contribution in [0.1, 0.15) is 23.6 Å². The van der Waals surface area contributed by atoms with E-state index in [-0.39, 0.29) is 11.3 Å². The van der Waals surface area contributed by atoms with Crippen LogP contribution < -0.4 is 19.7 Å². The van der Waals surface area contributed by atoms with Crippen molar-refractivity contribution in [3.8, 4) is 11.5 Å². The van der Waals surface area contributed by atoms with Gasteiger partial charge in [0, 0.05) is 8.59 Å². The Kier molecular flexibility index (Phi) is 7.95. The molecule has 4 amide bonds. The molecule has 9 heteroatoms. The van der Waals surface area contributed by atoms with Crippen molar-refractivity contribution in [2.24, 2.45) is 0 Å². The molecule has 3 aromatic carbocycles. The summed E-state index contributed by atoms with van der Waals surface area (Å²) >= 11 is 8.42. The number of aryl methyl sites for hydroxylation is 1. The number of benzene rings is 3. The van der Waals surface area contributed by atoms with Crippen molar-refractivity contribution in [2.75, 3.05) is 11.5 Å². The summed E-state index contributed by atoms with van der Waals surface area (Å²) in [6, 6.07) is 17.1. The minimum absolute atomic E-state index is 0.193. The predicted molar refractivity (Wildman–Crippen MR) is 146 cm³/mol. The third-order valence-electron chi connectivity index (χ3n) is 5.40. The molecule has 0 radical (unpaired) electrons. The second kappa shape index (κ2) is 11.1. The first-order chi connectivity index (χ1) is 17.3. The maximum absolute atomic E-state index is 13.2. The SMILES string of the molecule is CCOc1cc(/C=C2/C(=O)NC(=O)N(c3ccc(C)c(Cl)c3)C2=O)ccc1OCc1ccc(I)cc1. The summed E-state index contributed by atoms with van der Waals surface area (Å²) in [5.74, 6) is -0.528. The number of rotatable bonds is 7. The van der Waals surface area contributed by atoms with Gasteiger partial charge in [0.2, 0.25) is 0 Å². The molecule has 1 heterocycles. The molecule has 1 aliphatic heterocycles. The van der Waals surface area contributed by atoms with E-state index in [9.17, 15) is 14.4 Å². The number of carbonyl (C=O) groups excluding carboxylic acids is 3. The van der Waals surface area contributed by atoms with Crippen molar-refractivity contribution in [3.63, 3.8) is 0 Å². The fourth-order valence-corrected chi connectivity index (χ4v) is 4.06. The monoisotopic (exact) mass is 616 g/mol. The van der Waals surface area contributed by atoms with Crippen LogP contribution >= 0.6 is 34.2 Å². The molecule has 0 aliphatic carbocycles. The number of ether oxygens (including phenoxy) is 2. The summed E-state index contributed by atoms with van der Waals surface area (Å²) < 4.78 is 12.8. The predicted octanol–water partition coefficient (Wildman–Crippen LogP) is 5.90. The number of halogens is 2. The minimum Gasteiger partial charge on any atom is -0.490 e. The molecule has 1 aliphatic rings. The maximum Gasteiger partial charge on any atom is 0.335 e. The number of amides is 4. The highest BCUT2D eigenvalue weighted by Crippen LogP contribution is 2.31. The fraction of sp³-hybridized carbons (Fsp3) is 0.148. The third-order valence-corrected chi connectivity index (χ3v) is 6.53. The van der Waals surface area contributed by atoms with Gasteiger partial charge in [-0.1, -0.05) is 35.9 Å². The van der Waals surface area contributed by atoms with Crippen LogP contribution in [0.5, 0.6) is 11.5 Å². The first-order valence-corrected chi connectivity index (χ1v) is 12.5. The third kappa shape index (κ3) is 5.71. The highest BCUT2D eigenvalue weighted by atomic mass is 127. The molecule has 0 atom stereocenters. The van der Waals surface area contributed by atoms with Gasteiger partial charge in [-0.2, -0.15) is 0 Å². The number of imide groups is 2. The highest BCUT2D eigenvalue weighted by Gasteiger charge is 2.37. The Morgan fingerprint density at radius 1 is 0.972 bits per heavy atom. The Bertz CT molecular complexity index is 1370. The smallest absolute Gasteiger partial charge is 0.335 e. The molecular weight excluding hydrogens is 595 g/mol. The summed E-state index contributed by atoms with van der Waals surface area (Å²) in [7, 11) is 0. The van der Waals surface area contributed by atoms with Crippen LogP contribution in [0.3, 0.4) is 0 Å². The number of anilines is 1. The Labute approximate surface area is 227 Å². The van der Waals surface area contributed by atoms with Crippen LogP contribution in [0.15, 0.2) is 66.2 Å². The molecular formula is C27H22ClIN2O5. The van der Waals surface area contributed by atoms with Crippen LogP contribution in [0.25, 0.3) is 6.08 Å². The van der Waals surface area contributed by atoms with Crippen molar-refractivity contribution < 1.29 is 23.9 Å². The molecule has 184 valence electrons. The van der Waals surface area contributed by atoms with Crippen molar-refractivity contribution in [1.29, 1.82) is 0 Å². The number of hydrogen-bond acceptors (Lipinski definition) is 5. The van der Waals surface area contributed by atoms with E-state index in [1.165, 1.54) is 12.1 Å². The molecule has 1 N–H and O–H groups in total. The fourth-order valence-electron chi connectivity index (χ4n) is 3.52. The zero-order chi connectivity index (χ0) is 25.8. The lowest BCUT2D eigenvalue weighted by Gasteiger charge is -2.26. The van der Waals surface area contributed by atoms with E-state index in [4.69, 9.17) is 21.1 Å². The van der Waals surface area contributed by atoms with Gasteiger partial charge in [-0.3, -0.25) is 14.9 Å². The van der Waals surface area contributed by atoms with Gasteiger partial charge in [-0.15, -0.1) is 0 Å². The van der Waals surface area contributed by atoms with E-state index < -0.39 is 17.8 Å². The zero-order valence-electron chi connectivity index (χ0n) is 19.5. The molecule has 1 fully saturated rings. The van der Waals surface area contributed by atoms with Gasteiger partial charge in [-0.25, -0.2) is 9.69 Å². The lowest BCUT2D eigenvalue weighted by Crippen LogP contribution is -2.54. The number of urea groups is 1. The van der Waals surface area contributed by atoms with E-state index >= 15 is 0 Å². The molecule has 0 aromatic heterocycles. The number of nitrogens with one attached hydrogen (secondary N) is 1. The average Bonchev–Trinajstić information content (AvgIpc) is 2.84. The lowest BCUT2D eigenvalue weighted by molar-refractivity contribution is -0.122. The maximum atomic E-state index is 13.2. The van der Waals surface area contributed by atoms with Crippen molar-refractivity contribution in [2.45, 2.75) is 20.5 Å².